The van der Waals surface area contributed by atoms with Gasteiger partial charge in [0.15, 0.2) is 18.1 Å². The molecule has 148 valence electrons. The van der Waals surface area contributed by atoms with Crippen LogP contribution in [0.15, 0.2) is 18.2 Å². The Labute approximate surface area is 159 Å². The number of methoxy groups -OCH3 is 3. The molecule has 0 aliphatic carbocycles. The minimum absolute atomic E-state index is 0.156. The predicted octanol–water partition coefficient (Wildman–Crippen LogP) is 2.67. The standard InChI is InChI=1S/C20H27NO6/c1-14-7-5-6-10-21(14)18(22)13-27-19(23)9-8-15-11-16(24-2)20(26-4)17(12-15)25-3/h8-9,11-12,14H,5-7,10,13H2,1-4H3/b9-8+/t14-/m0/s1. The highest BCUT2D eigenvalue weighted by Crippen LogP contribution is 2.38. The van der Waals surface area contributed by atoms with Crippen molar-refractivity contribution in [3.05, 3.63) is 23.8 Å². The number of rotatable bonds is 7. The van der Waals surface area contributed by atoms with E-state index in [4.69, 9.17) is 18.9 Å². The first-order valence-corrected chi connectivity index (χ1v) is 8.94. The molecule has 1 amide bonds. The molecule has 0 saturated carbocycles. The van der Waals surface area contributed by atoms with E-state index in [1.54, 1.807) is 23.1 Å². The minimum Gasteiger partial charge on any atom is -0.493 e. The van der Waals surface area contributed by atoms with Crippen molar-refractivity contribution in [3.63, 3.8) is 0 Å². The quantitative estimate of drug-likeness (QED) is 0.537. The lowest BCUT2D eigenvalue weighted by atomic mass is 10.0. The molecule has 0 unspecified atom stereocenters. The van der Waals surface area contributed by atoms with Crippen molar-refractivity contribution >= 4 is 18.0 Å². The summed E-state index contributed by atoms with van der Waals surface area (Å²) >= 11 is 0. The Kier molecular flexibility index (Phi) is 7.52. The van der Waals surface area contributed by atoms with Crippen LogP contribution in [0.4, 0.5) is 0 Å². The normalized spacial score (nSPS) is 16.9. The Hall–Kier alpha value is -2.70. The van der Waals surface area contributed by atoms with Crippen LogP contribution in [0.1, 0.15) is 31.7 Å². The topological polar surface area (TPSA) is 74.3 Å². The second-order valence-electron chi connectivity index (χ2n) is 6.33. The number of piperidine rings is 1. The molecule has 7 nitrogen and oxygen atoms in total. The number of benzene rings is 1. The van der Waals surface area contributed by atoms with Gasteiger partial charge in [-0.25, -0.2) is 4.79 Å². The molecule has 0 spiro atoms. The molecule has 1 aromatic carbocycles. The molecule has 1 saturated heterocycles. The average Bonchev–Trinajstić information content (AvgIpc) is 2.69. The molecule has 1 atom stereocenters. The number of amides is 1. The van der Waals surface area contributed by atoms with Crippen LogP contribution < -0.4 is 14.2 Å². The molecule has 1 heterocycles. The van der Waals surface area contributed by atoms with E-state index >= 15 is 0 Å². The van der Waals surface area contributed by atoms with Gasteiger partial charge in [-0.3, -0.25) is 4.79 Å². The second-order valence-corrected chi connectivity index (χ2v) is 6.33. The van der Waals surface area contributed by atoms with Crippen LogP contribution in [0, 0.1) is 0 Å². The maximum absolute atomic E-state index is 12.2. The van der Waals surface area contributed by atoms with Gasteiger partial charge in [0.2, 0.25) is 5.75 Å². The van der Waals surface area contributed by atoms with Gasteiger partial charge in [0.05, 0.1) is 21.3 Å². The molecule has 7 heteroatoms. The highest BCUT2D eigenvalue weighted by molar-refractivity contribution is 5.89. The van der Waals surface area contributed by atoms with Crippen LogP contribution in [0.5, 0.6) is 17.2 Å². The SMILES string of the molecule is COc1cc(/C=C/C(=O)OCC(=O)N2CCCC[C@@H]2C)cc(OC)c1OC. The third kappa shape index (κ3) is 5.39. The smallest absolute Gasteiger partial charge is 0.331 e. The van der Waals surface area contributed by atoms with Crippen molar-refractivity contribution in [2.45, 2.75) is 32.2 Å². The summed E-state index contributed by atoms with van der Waals surface area (Å²) in [5.41, 5.74) is 0.678. The lowest BCUT2D eigenvalue weighted by Gasteiger charge is -2.33. The van der Waals surface area contributed by atoms with E-state index in [9.17, 15) is 9.59 Å². The Morgan fingerprint density at radius 3 is 2.33 bits per heavy atom. The number of hydrogen-bond acceptors (Lipinski definition) is 6. The first kappa shape index (κ1) is 20.6. The molecular weight excluding hydrogens is 350 g/mol. The highest BCUT2D eigenvalue weighted by atomic mass is 16.5. The fourth-order valence-corrected chi connectivity index (χ4v) is 3.09. The Morgan fingerprint density at radius 2 is 1.78 bits per heavy atom. The van der Waals surface area contributed by atoms with Gasteiger partial charge in [-0.2, -0.15) is 0 Å². The van der Waals surface area contributed by atoms with Crippen LogP contribution in [-0.2, 0) is 14.3 Å². The van der Waals surface area contributed by atoms with E-state index in [-0.39, 0.29) is 18.6 Å². The summed E-state index contributed by atoms with van der Waals surface area (Å²) in [5.74, 6) is 0.706. The van der Waals surface area contributed by atoms with Crippen molar-refractivity contribution in [1.82, 2.24) is 4.90 Å². The molecule has 1 aliphatic heterocycles. The molecule has 1 fully saturated rings. The van der Waals surface area contributed by atoms with E-state index < -0.39 is 5.97 Å². The monoisotopic (exact) mass is 377 g/mol. The third-order valence-corrected chi connectivity index (χ3v) is 4.56. The van der Waals surface area contributed by atoms with Gasteiger partial charge in [-0.15, -0.1) is 0 Å². The zero-order chi connectivity index (χ0) is 19.8. The number of esters is 1. The minimum atomic E-state index is -0.582. The summed E-state index contributed by atoms with van der Waals surface area (Å²) in [7, 11) is 4.56. The van der Waals surface area contributed by atoms with Crippen LogP contribution in [0.25, 0.3) is 6.08 Å². The zero-order valence-corrected chi connectivity index (χ0v) is 16.3. The fraction of sp³-hybridized carbons (Fsp3) is 0.500. The predicted molar refractivity (Wildman–Crippen MR) is 101 cm³/mol. The molecule has 0 bridgehead atoms. The second kappa shape index (κ2) is 9.85. The van der Waals surface area contributed by atoms with Crippen molar-refractivity contribution in [1.29, 1.82) is 0 Å². The van der Waals surface area contributed by atoms with Gasteiger partial charge in [-0.1, -0.05) is 0 Å². The lowest BCUT2D eigenvalue weighted by molar-refractivity contribution is -0.149. The maximum atomic E-state index is 12.2. The molecule has 27 heavy (non-hydrogen) atoms. The third-order valence-electron chi connectivity index (χ3n) is 4.56. The Balaban J connectivity index is 1.97. The van der Waals surface area contributed by atoms with Crippen molar-refractivity contribution in [2.24, 2.45) is 0 Å². The lowest BCUT2D eigenvalue weighted by Crippen LogP contribution is -2.44. The van der Waals surface area contributed by atoms with E-state index in [1.165, 1.54) is 27.4 Å². The molecule has 0 aromatic heterocycles. The van der Waals surface area contributed by atoms with Crippen molar-refractivity contribution in [2.75, 3.05) is 34.5 Å². The summed E-state index contributed by atoms with van der Waals surface area (Å²) in [4.78, 5) is 25.9. The fourth-order valence-electron chi connectivity index (χ4n) is 3.09. The Morgan fingerprint density at radius 1 is 1.11 bits per heavy atom. The summed E-state index contributed by atoms with van der Waals surface area (Å²) in [6.45, 7) is 2.49. The number of nitrogens with zero attached hydrogens (tertiary/aromatic N) is 1. The zero-order valence-electron chi connectivity index (χ0n) is 16.3. The number of ether oxygens (including phenoxy) is 4. The van der Waals surface area contributed by atoms with Crippen LogP contribution in [0.3, 0.4) is 0 Å². The average molecular weight is 377 g/mol. The Bertz CT molecular complexity index is 675. The number of carbonyl (C=O) groups excluding carboxylic acids is 2. The van der Waals surface area contributed by atoms with E-state index in [0.717, 1.165) is 25.8 Å². The summed E-state index contributed by atoms with van der Waals surface area (Å²) in [5, 5.41) is 0. The number of carbonyl (C=O) groups is 2. The van der Waals surface area contributed by atoms with E-state index in [2.05, 4.69) is 0 Å². The first-order chi connectivity index (χ1) is 13.0. The van der Waals surface area contributed by atoms with Gasteiger partial charge >= 0.3 is 5.97 Å². The van der Waals surface area contributed by atoms with Gasteiger partial charge in [0.1, 0.15) is 0 Å². The molecule has 1 aliphatic rings. The van der Waals surface area contributed by atoms with E-state index in [0.29, 0.717) is 22.8 Å². The van der Waals surface area contributed by atoms with Crippen molar-refractivity contribution in [3.8, 4) is 17.2 Å². The summed E-state index contributed by atoms with van der Waals surface area (Å²) < 4.78 is 20.9. The van der Waals surface area contributed by atoms with Crippen LogP contribution in [0.2, 0.25) is 0 Å². The molecule has 0 N–H and O–H groups in total. The number of hydrogen-bond donors (Lipinski definition) is 0. The van der Waals surface area contributed by atoms with E-state index in [1.807, 2.05) is 6.92 Å². The van der Waals surface area contributed by atoms with Crippen LogP contribution in [-0.4, -0.2) is 57.3 Å². The molecule has 2 rings (SSSR count). The molecular formula is C20H27NO6. The summed E-state index contributed by atoms with van der Waals surface area (Å²) in [6, 6.07) is 3.62. The van der Waals surface area contributed by atoms with Gasteiger partial charge in [0, 0.05) is 18.7 Å². The van der Waals surface area contributed by atoms with Gasteiger partial charge in [0.25, 0.3) is 5.91 Å². The first-order valence-electron chi connectivity index (χ1n) is 8.94. The van der Waals surface area contributed by atoms with Gasteiger partial charge < -0.3 is 23.8 Å². The van der Waals surface area contributed by atoms with Crippen molar-refractivity contribution < 1.29 is 28.5 Å². The highest BCUT2D eigenvalue weighted by Gasteiger charge is 2.23. The number of likely N-dealkylation sites (tertiary alicyclic amines) is 1. The van der Waals surface area contributed by atoms with Crippen LogP contribution >= 0.6 is 0 Å². The maximum Gasteiger partial charge on any atom is 0.331 e. The molecule has 0 radical (unpaired) electrons. The largest absolute Gasteiger partial charge is 0.493 e. The van der Waals surface area contributed by atoms with Gasteiger partial charge in [-0.05, 0) is 50.0 Å². The summed E-state index contributed by atoms with van der Waals surface area (Å²) in [6.07, 6.45) is 5.95. The molecule has 1 aromatic rings.